The fourth-order valence-electron chi connectivity index (χ4n) is 2.72. The predicted octanol–water partition coefficient (Wildman–Crippen LogP) is 3.14. The van der Waals surface area contributed by atoms with Crippen molar-refractivity contribution in [2.24, 2.45) is 5.73 Å². The zero-order valence-corrected chi connectivity index (χ0v) is 13.3. The summed E-state index contributed by atoms with van der Waals surface area (Å²) >= 11 is 6.32. The standard InChI is InChI=1S/C15H21ClN2O3/c1-4-21-14-11(9(3)17)5-12(16)8(2)13(14)10-6-18(7-10)15(19)20/h5,9-10H,4,6-7,17H2,1-3H3,(H,19,20). The van der Waals surface area contributed by atoms with E-state index in [0.29, 0.717) is 24.7 Å². The van der Waals surface area contributed by atoms with E-state index >= 15 is 0 Å². The van der Waals surface area contributed by atoms with Gasteiger partial charge >= 0.3 is 6.09 Å². The Balaban J connectivity index is 2.45. The average Bonchev–Trinajstić information content (AvgIpc) is 2.34. The third kappa shape index (κ3) is 2.94. The van der Waals surface area contributed by atoms with E-state index in [-0.39, 0.29) is 12.0 Å². The molecule has 21 heavy (non-hydrogen) atoms. The first-order valence-corrected chi connectivity index (χ1v) is 7.43. The van der Waals surface area contributed by atoms with Crippen molar-refractivity contribution in [1.29, 1.82) is 0 Å². The first-order valence-electron chi connectivity index (χ1n) is 7.05. The molecule has 2 rings (SSSR count). The highest BCUT2D eigenvalue weighted by molar-refractivity contribution is 6.31. The molecule has 116 valence electrons. The van der Waals surface area contributed by atoms with Crippen molar-refractivity contribution >= 4 is 17.7 Å². The van der Waals surface area contributed by atoms with Crippen LogP contribution in [0.4, 0.5) is 4.79 Å². The van der Waals surface area contributed by atoms with Gasteiger partial charge in [-0.05, 0) is 32.4 Å². The summed E-state index contributed by atoms with van der Waals surface area (Å²) in [6.45, 7) is 7.21. The molecule has 1 unspecified atom stereocenters. The molecule has 1 amide bonds. The molecule has 0 saturated carbocycles. The minimum atomic E-state index is -0.892. The van der Waals surface area contributed by atoms with Gasteiger partial charge in [-0.25, -0.2) is 4.79 Å². The average molecular weight is 313 g/mol. The van der Waals surface area contributed by atoms with Gasteiger partial charge in [0.15, 0.2) is 0 Å². The molecule has 5 nitrogen and oxygen atoms in total. The quantitative estimate of drug-likeness (QED) is 0.895. The Morgan fingerprint density at radius 1 is 1.62 bits per heavy atom. The van der Waals surface area contributed by atoms with Crippen LogP contribution in [-0.4, -0.2) is 35.8 Å². The van der Waals surface area contributed by atoms with Gasteiger partial charge in [0.2, 0.25) is 0 Å². The summed E-state index contributed by atoms with van der Waals surface area (Å²) in [5, 5.41) is 9.63. The van der Waals surface area contributed by atoms with Crippen LogP contribution in [0.3, 0.4) is 0 Å². The van der Waals surface area contributed by atoms with Gasteiger partial charge < -0.3 is 20.5 Å². The highest BCUT2D eigenvalue weighted by Crippen LogP contribution is 2.42. The van der Waals surface area contributed by atoms with Crippen molar-refractivity contribution in [1.82, 2.24) is 4.90 Å². The van der Waals surface area contributed by atoms with Crippen LogP contribution in [0.25, 0.3) is 0 Å². The van der Waals surface area contributed by atoms with Crippen molar-refractivity contribution in [3.05, 3.63) is 27.8 Å². The van der Waals surface area contributed by atoms with Crippen LogP contribution in [0.2, 0.25) is 5.02 Å². The molecule has 3 N–H and O–H groups in total. The van der Waals surface area contributed by atoms with Gasteiger partial charge in [-0.1, -0.05) is 11.6 Å². The second-order valence-electron chi connectivity index (χ2n) is 5.42. The van der Waals surface area contributed by atoms with Gasteiger partial charge in [-0.3, -0.25) is 0 Å². The molecule has 0 radical (unpaired) electrons. The number of carbonyl (C=O) groups is 1. The Morgan fingerprint density at radius 3 is 2.71 bits per heavy atom. The molecule has 1 aliphatic heterocycles. The Kier molecular flexibility index (Phi) is 4.64. The number of nitrogens with two attached hydrogens (primary N) is 1. The lowest BCUT2D eigenvalue weighted by Crippen LogP contribution is -2.48. The highest BCUT2D eigenvalue weighted by Gasteiger charge is 2.36. The van der Waals surface area contributed by atoms with Crippen LogP contribution in [0.1, 0.15) is 42.5 Å². The Labute approximate surface area is 129 Å². The zero-order chi connectivity index (χ0) is 15.7. The number of rotatable bonds is 4. The zero-order valence-electron chi connectivity index (χ0n) is 12.5. The molecule has 0 aliphatic carbocycles. The summed E-state index contributed by atoms with van der Waals surface area (Å²) < 4.78 is 5.81. The maximum Gasteiger partial charge on any atom is 0.407 e. The number of hydrogen-bond acceptors (Lipinski definition) is 3. The summed E-state index contributed by atoms with van der Waals surface area (Å²) in [4.78, 5) is 12.3. The molecule has 0 aromatic heterocycles. The van der Waals surface area contributed by atoms with Crippen LogP contribution in [0, 0.1) is 6.92 Å². The highest BCUT2D eigenvalue weighted by atomic mass is 35.5. The molecule has 0 spiro atoms. The van der Waals surface area contributed by atoms with E-state index in [1.54, 1.807) is 0 Å². The van der Waals surface area contributed by atoms with Crippen LogP contribution < -0.4 is 10.5 Å². The van der Waals surface area contributed by atoms with Crippen molar-refractivity contribution in [3.8, 4) is 5.75 Å². The van der Waals surface area contributed by atoms with Gasteiger partial charge in [0, 0.05) is 41.2 Å². The van der Waals surface area contributed by atoms with Crippen LogP contribution in [0.5, 0.6) is 5.75 Å². The number of amides is 1. The second-order valence-corrected chi connectivity index (χ2v) is 5.83. The molecule has 6 heteroatoms. The van der Waals surface area contributed by atoms with E-state index in [2.05, 4.69) is 0 Å². The molecule has 1 aromatic rings. The fourth-order valence-corrected chi connectivity index (χ4v) is 2.94. The van der Waals surface area contributed by atoms with E-state index in [0.717, 1.165) is 22.4 Å². The predicted molar refractivity (Wildman–Crippen MR) is 82.3 cm³/mol. The lowest BCUT2D eigenvalue weighted by Gasteiger charge is -2.39. The number of carboxylic acid groups (broad SMARTS) is 1. The van der Waals surface area contributed by atoms with Gasteiger partial charge in [0.25, 0.3) is 0 Å². The number of ether oxygens (including phenoxy) is 1. The topological polar surface area (TPSA) is 75.8 Å². The van der Waals surface area contributed by atoms with Crippen LogP contribution in [0.15, 0.2) is 6.07 Å². The van der Waals surface area contributed by atoms with E-state index in [4.69, 9.17) is 27.2 Å². The van der Waals surface area contributed by atoms with Gasteiger partial charge in [0.1, 0.15) is 5.75 Å². The Hall–Kier alpha value is -1.46. The fraction of sp³-hybridized carbons (Fsp3) is 0.533. The van der Waals surface area contributed by atoms with Crippen molar-refractivity contribution in [3.63, 3.8) is 0 Å². The second kappa shape index (κ2) is 6.12. The summed E-state index contributed by atoms with van der Waals surface area (Å²) in [5.41, 5.74) is 8.83. The van der Waals surface area contributed by atoms with Gasteiger partial charge in [0.05, 0.1) is 6.61 Å². The monoisotopic (exact) mass is 312 g/mol. The summed E-state index contributed by atoms with van der Waals surface area (Å²) in [6.07, 6.45) is -0.892. The van der Waals surface area contributed by atoms with Crippen molar-refractivity contribution < 1.29 is 14.6 Å². The molecule has 1 heterocycles. The molecule has 1 atom stereocenters. The van der Waals surface area contributed by atoms with Crippen molar-refractivity contribution in [2.75, 3.05) is 19.7 Å². The molecule has 1 saturated heterocycles. The number of hydrogen-bond donors (Lipinski definition) is 2. The minimum absolute atomic E-state index is 0.110. The normalized spacial score (nSPS) is 16.5. The van der Waals surface area contributed by atoms with E-state index in [1.165, 1.54) is 4.90 Å². The molecule has 1 aliphatic rings. The largest absolute Gasteiger partial charge is 0.493 e. The Bertz CT molecular complexity index is 554. The third-order valence-corrected chi connectivity index (χ3v) is 4.28. The summed E-state index contributed by atoms with van der Waals surface area (Å²) in [6, 6.07) is 1.66. The van der Waals surface area contributed by atoms with Gasteiger partial charge in [-0.2, -0.15) is 0 Å². The molecule has 1 aromatic carbocycles. The lowest BCUT2D eigenvalue weighted by atomic mass is 9.85. The number of nitrogens with zero attached hydrogens (tertiary/aromatic N) is 1. The van der Waals surface area contributed by atoms with E-state index < -0.39 is 6.09 Å². The number of likely N-dealkylation sites (tertiary alicyclic amines) is 1. The summed E-state index contributed by atoms with van der Waals surface area (Å²) in [5.74, 6) is 0.878. The smallest absolute Gasteiger partial charge is 0.407 e. The molecule has 0 bridgehead atoms. The van der Waals surface area contributed by atoms with E-state index in [1.807, 2.05) is 26.8 Å². The molecular formula is C15H21ClN2O3. The minimum Gasteiger partial charge on any atom is -0.493 e. The maximum atomic E-state index is 10.9. The Morgan fingerprint density at radius 2 is 2.24 bits per heavy atom. The van der Waals surface area contributed by atoms with Gasteiger partial charge in [-0.15, -0.1) is 0 Å². The maximum absolute atomic E-state index is 10.9. The first kappa shape index (κ1) is 15.9. The van der Waals surface area contributed by atoms with Crippen LogP contribution in [-0.2, 0) is 0 Å². The lowest BCUT2D eigenvalue weighted by molar-refractivity contribution is 0.104. The van der Waals surface area contributed by atoms with Crippen LogP contribution >= 0.6 is 11.6 Å². The summed E-state index contributed by atoms with van der Waals surface area (Å²) in [7, 11) is 0. The van der Waals surface area contributed by atoms with E-state index in [9.17, 15) is 4.79 Å². The number of benzene rings is 1. The van der Waals surface area contributed by atoms with Crippen molar-refractivity contribution in [2.45, 2.75) is 32.7 Å². The first-order chi connectivity index (χ1) is 9.86. The number of halogens is 1. The third-order valence-electron chi connectivity index (χ3n) is 3.89. The SMILES string of the molecule is CCOc1c(C(C)N)cc(Cl)c(C)c1C1CN(C(=O)O)C1. The molecular weight excluding hydrogens is 292 g/mol. The molecule has 1 fully saturated rings.